The van der Waals surface area contributed by atoms with Crippen molar-refractivity contribution >= 4 is 23.1 Å². The molecule has 3 heterocycles. The Kier molecular flexibility index (Phi) is 5.82. The predicted molar refractivity (Wildman–Crippen MR) is 128 cm³/mol. The third-order valence-electron chi connectivity index (χ3n) is 6.76. The van der Waals surface area contributed by atoms with Crippen molar-refractivity contribution in [2.45, 2.75) is 32.2 Å². The molecule has 2 aromatic heterocycles. The molecular weight excluding hydrogens is 425 g/mol. The number of anilines is 1. The molecule has 5 nitrogen and oxygen atoms in total. The van der Waals surface area contributed by atoms with E-state index in [9.17, 15) is 4.39 Å². The fourth-order valence-corrected chi connectivity index (χ4v) is 4.89. The van der Waals surface area contributed by atoms with Crippen LogP contribution in [0.3, 0.4) is 0 Å². The first-order valence-electron chi connectivity index (χ1n) is 11.3. The minimum absolute atomic E-state index is 0.313. The molecule has 5 rings (SSSR count). The normalized spacial score (nSPS) is 16.7. The number of pyridine rings is 1. The second-order valence-corrected chi connectivity index (χ2v) is 9.26. The van der Waals surface area contributed by atoms with E-state index in [-0.39, 0.29) is 5.82 Å². The summed E-state index contributed by atoms with van der Waals surface area (Å²) in [6.45, 7) is 8.68. The van der Waals surface area contributed by atoms with Crippen LogP contribution in [0.2, 0.25) is 5.02 Å². The molecule has 168 valence electrons. The summed E-state index contributed by atoms with van der Waals surface area (Å²) in [4.78, 5) is 9.50. The van der Waals surface area contributed by atoms with Crippen LogP contribution in [-0.2, 0) is 19.4 Å². The topological polar surface area (TPSA) is 49.8 Å². The molecule has 0 radical (unpaired) electrons. The number of nitrogens with zero attached hydrogens (tertiary/aromatic N) is 4. The molecule has 2 N–H and O–H groups in total. The molecule has 0 spiro atoms. The van der Waals surface area contributed by atoms with Crippen molar-refractivity contribution in [2.24, 2.45) is 11.7 Å². The number of halogens is 2. The van der Waals surface area contributed by atoms with Crippen molar-refractivity contribution in [3.05, 3.63) is 76.5 Å². The van der Waals surface area contributed by atoms with Crippen molar-refractivity contribution in [3.63, 3.8) is 0 Å². The van der Waals surface area contributed by atoms with Crippen LogP contribution in [0.5, 0.6) is 0 Å². The summed E-state index contributed by atoms with van der Waals surface area (Å²) in [5.74, 6) is 1.51. The fourth-order valence-electron chi connectivity index (χ4n) is 4.63. The van der Waals surface area contributed by atoms with Gasteiger partial charge in [-0.2, -0.15) is 0 Å². The van der Waals surface area contributed by atoms with E-state index in [4.69, 9.17) is 17.3 Å². The number of aromatic nitrogens is 2. The summed E-state index contributed by atoms with van der Waals surface area (Å²) >= 11 is 6.23. The first-order valence-corrected chi connectivity index (χ1v) is 11.7. The highest BCUT2D eigenvalue weighted by atomic mass is 35.5. The van der Waals surface area contributed by atoms with Gasteiger partial charge < -0.3 is 15.5 Å². The Labute approximate surface area is 193 Å². The standard InChI is InChI=1S/C25H29ClFN5/c1-17(18-2-3-18)30-8-10-31(11-9-30)25-15-29-24-12-21(14-28)20(16-32(24)25)5-4-19-6-7-22(27)13-23(19)26/h6-7,12-13,15-16,18H,1-5,8-11,14,28H2. The zero-order chi connectivity index (χ0) is 22.2. The molecule has 32 heavy (non-hydrogen) atoms. The van der Waals surface area contributed by atoms with E-state index in [0.29, 0.717) is 17.5 Å². The van der Waals surface area contributed by atoms with E-state index < -0.39 is 0 Å². The molecule has 3 aromatic rings. The second-order valence-electron chi connectivity index (χ2n) is 8.85. The molecular formula is C25H29ClFN5. The highest BCUT2D eigenvalue weighted by Crippen LogP contribution is 2.37. The lowest BCUT2D eigenvalue weighted by molar-refractivity contribution is 0.307. The average Bonchev–Trinajstić information content (AvgIpc) is 3.57. The minimum atomic E-state index is -0.313. The number of rotatable bonds is 7. The van der Waals surface area contributed by atoms with Gasteiger partial charge in [0.15, 0.2) is 0 Å². The second kappa shape index (κ2) is 8.75. The van der Waals surface area contributed by atoms with Crippen molar-refractivity contribution in [1.29, 1.82) is 0 Å². The Morgan fingerprint density at radius 3 is 2.53 bits per heavy atom. The zero-order valence-corrected chi connectivity index (χ0v) is 19.0. The molecule has 2 aliphatic rings. The van der Waals surface area contributed by atoms with Crippen LogP contribution in [0, 0.1) is 11.7 Å². The van der Waals surface area contributed by atoms with E-state index in [1.165, 1.54) is 36.2 Å². The van der Waals surface area contributed by atoms with Gasteiger partial charge in [-0.25, -0.2) is 9.37 Å². The highest BCUT2D eigenvalue weighted by molar-refractivity contribution is 6.31. The van der Waals surface area contributed by atoms with Crippen LogP contribution in [0.25, 0.3) is 5.65 Å². The first-order chi connectivity index (χ1) is 15.5. The summed E-state index contributed by atoms with van der Waals surface area (Å²) in [7, 11) is 0. The Morgan fingerprint density at radius 2 is 1.84 bits per heavy atom. The Bertz CT molecular complexity index is 1140. The van der Waals surface area contributed by atoms with Crippen LogP contribution in [0.15, 0.2) is 48.9 Å². The van der Waals surface area contributed by atoms with Gasteiger partial charge in [-0.1, -0.05) is 24.2 Å². The van der Waals surface area contributed by atoms with E-state index in [1.807, 2.05) is 6.20 Å². The van der Waals surface area contributed by atoms with E-state index in [1.54, 1.807) is 6.07 Å². The number of aryl methyl sites for hydroxylation is 2. The molecule has 7 heteroatoms. The van der Waals surface area contributed by atoms with E-state index in [0.717, 1.165) is 61.6 Å². The smallest absolute Gasteiger partial charge is 0.138 e. The van der Waals surface area contributed by atoms with Gasteiger partial charge in [0, 0.05) is 49.6 Å². The van der Waals surface area contributed by atoms with Crippen LogP contribution < -0.4 is 10.6 Å². The number of imidazole rings is 1. The first kappa shape index (κ1) is 21.3. The number of allylic oxidation sites excluding steroid dienone is 1. The average molecular weight is 454 g/mol. The maximum atomic E-state index is 13.4. The largest absolute Gasteiger partial charge is 0.372 e. The third-order valence-corrected chi connectivity index (χ3v) is 7.12. The van der Waals surface area contributed by atoms with Crippen molar-refractivity contribution in [2.75, 3.05) is 31.1 Å². The molecule has 2 fully saturated rings. The Morgan fingerprint density at radius 1 is 1.09 bits per heavy atom. The highest BCUT2D eigenvalue weighted by Gasteiger charge is 2.30. The molecule has 0 unspecified atom stereocenters. The predicted octanol–water partition coefficient (Wildman–Crippen LogP) is 4.42. The van der Waals surface area contributed by atoms with Crippen molar-refractivity contribution in [3.8, 4) is 0 Å². The van der Waals surface area contributed by atoms with Crippen LogP contribution >= 0.6 is 11.6 Å². The maximum absolute atomic E-state index is 13.4. The van der Waals surface area contributed by atoms with Crippen LogP contribution in [0.4, 0.5) is 10.2 Å². The van der Waals surface area contributed by atoms with E-state index in [2.05, 4.69) is 38.0 Å². The van der Waals surface area contributed by atoms with Gasteiger partial charge in [-0.3, -0.25) is 4.40 Å². The molecule has 1 saturated heterocycles. The third kappa shape index (κ3) is 4.21. The number of fused-ring (bicyclic) bond motifs is 1. The Hall–Kier alpha value is -2.57. The summed E-state index contributed by atoms with van der Waals surface area (Å²) in [5, 5.41) is 0.467. The van der Waals surface area contributed by atoms with Gasteiger partial charge in [-0.15, -0.1) is 0 Å². The van der Waals surface area contributed by atoms with E-state index >= 15 is 0 Å². The lowest BCUT2D eigenvalue weighted by atomic mass is 10.0. The number of piperazine rings is 1. The lowest BCUT2D eigenvalue weighted by Crippen LogP contribution is -2.46. The summed E-state index contributed by atoms with van der Waals surface area (Å²) in [5.41, 5.74) is 11.5. The molecule has 0 bridgehead atoms. The Balaban J connectivity index is 1.35. The lowest BCUT2D eigenvalue weighted by Gasteiger charge is -2.38. The molecule has 1 aliphatic heterocycles. The summed E-state index contributed by atoms with van der Waals surface area (Å²) < 4.78 is 15.5. The molecule has 0 atom stereocenters. The van der Waals surface area contributed by atoms with Gasteiger partial charge in [0.25, 0.3) is 0 Å². The van der Waals surface area contributed by atoms with Gasteiger partial charge >= 0.3 is 0 Å². The maximum Gasteiger partial charge on any atom is 0.138 e. The quantitative estimate of drug-likeness (QED) is 0.575. The minimum Gasteiger partial charge on any atom is -0.372 e. The van der Waals surface area contributed by atoms with Crippen LogP contribution in [0.1, 0.15) is 29.5 Å². The number of hydrogen-bond acceptors (Lipinski definition) is 4. The van der Waals surface area contributed by atoms with Gasteiger partial charge in [-0.05, 0) is 66.5 Å². The molecule has 1 saturated carbocycles. The number of nitrogens with two attached hydrogens (primary N) is 1. The molecule has 1 aromatic carbocycles. The fraction of sp³-hybridized carbons (Fsp3) is 0.400. The SMILES string of the molecule is C=C(C1CC1)N1CCN(c2cnc3cc(CN)c(CCc4ccc(F)cc4Cl)cn23)CC1. The van der Waals surface area contributed by atoms with Gasteiger partial charge in [0.05, 0.1) is 6.20 Å². The van der Waals surface area contributed by atoms with Crippen molar-refractivity contribution < 1.29 is 4.39 Å². The molecule has 1 aliphatic carbocycles. The monoisotopic (exact) mass is 453 g/mol. The van der Waals surface area contributed by atoms with Crippen LogP contribution in [-0.4, -0.2) is 40.5 Å². The number of hydrogen-bond donors (Lipinski definition) is 1. The van der Waals surface area contributed by atoms with Gasteiger partial charge in [0.2, 0.25) is 0 Å². The summed E-state index contributed by atoms with van der Waals surface area (Å²) in [6, 6.07) is 6.67. The number of benzene rings is 1. The van der Waals surface area contributed by atoms with Crippen molar-refractivity contribution in [1.82, 2.24) is 14.3 Å². The summed E-state index contributed by atoms with van der Waals surface area (Å²) in [6.07, 6.45) is 8.21. The van der Waals surface area contributed by atoms with Gasteiger partial charge in [0.1, 0.15) is 17.3 Å². The molecule has 0 amide bonds. The zero-order valence-electron chi connectivity index (χ0n) is 18.2.